The van der Waals surface area contributed by atoms with Gasteiger partial charge in [-0.05, 0) is 24.1 Å². The second-order valence-electron chi connectivity index (χ2n) is 4.62. The van der Waals surface area contributed by atoms with E-state index >= 15 is 0 Å². The predicted octanol–water partition coefficient (Wildman–Crippen LogP) is 4.04. The lowest BCUT2D eigenvalue weighted by atomic mass is 10.2. The van der Waals surface area contributed by atoms with E-state index in [1.807, 2.05) is 31.2 Å². The highest BCUT2D eigenvalue weighted by molar-refractivity contribution is 6.31. The van der Waals surface area contributed by atoms with Gasteiger partial charge in [-0.1, -0.05) is 41.9 Å². The average Bonchev–Trinajstić information content (AvgIpc) is 2.51. The van der Waals surface area contributed by atoms with E-state index in [2.05, 4.69) is 17.4 Å². The van der Waals surface area contributed by atoms with E-state index in [1.165, 1.54) is 5.56 Å². The molecule has 21 heavy (non-hydrogen) atoms. The minimum absolute atomic E-state index is 0.592. The van der Waals surface area contributed by atoms with Crippen molar-refractivity contribution in [2.75, 3.05) is 13.7 Å². The molecule has 2 aromatic carbocycles. The van der Waals surface area contributed by atoms with E-state index in [9.17, 15) is 0 Å². The summed E-state index contributed by atoms with van der Waals surface area (Å²) in [5, 5.41) is 4.06. The molecule has 0 unspecified atom stereocenters. The summed E-state index contributed by atoms with van der Waals surface area (Å²) in [6.45, 7) is 4.02. The summed E-state index contributed by atoms with van der Waals surface area (Å²) in [6.07, 6.45) is 0. The van der Waals surface area contributed by atoms with Crippen LogP contribution in [-0.4, -0.2) is 13.7 Å². The molecule has 112 valence electrons. The molecule has 4 heteroatoms. The second-order valence-corrected chi connectivity index (χ2v) is 5.02. The maximum atomic E-state index is 6.29. The van der Waals surface area contributed by atoms with Crippen molar-refractivity contribution in [1.82, 2.24) is 5.32 Å². The van der Waals surface area contributed by atoms with Crippen molar-refractivity contribution in [2.24, 2.45) is 0 Å². The lowest BCUT2D eigenvalue weighted by Crippen LogP contribution is -2.13. The zero-order valence-corrected chi connectivity index (χ0v) is 13.1. The van der Waals surface area contributed by atoms with E-state index in [0.717, 1.165) is 17.9 Å². The van der Waals surface area contributed by atoms with Gasteiger partial charge in [0.1, 0.15) is 0 Å². The van der Waals surface area contributed by atoms with E-state index in [-0.39, 0.29) is 0 Å². The fourth-order valence-electron chi connectivity index (χ4n) is 2.08. The van der Waals surface area contributed by atoms with Crippen molar-refractivity contribution in [2.45, 2.75) is 20.0 Å². The van der Waals surface area contributed by atoms with Gasteiger partial charge in [0.25, 0.3) is 0 Å². The highest BCUT2D eigenvalue weighted by Gasteiger charge is 2.10. The monoisotopic (exact) mass is 305 g/mol. The third-order valence-corrected chi connectivity index (χ3v) is 3.47. The molecule has 0 aromatic heterocycles. The van der Waals surface area contributed by atoms with E-state index in [0.29, 0.717) is 23.9 Å². The molecule has 0 aliphatic heterocycles. The molecule has 0 fully saturated rings. The van der Waals surface area contributed by atoms with Gasteiger partial charge < -0.3 is 14.8 Å². The quantitative estimate of drug-likeness (QED) is 0.837. The first-order valence-electron chi connectivity index (χ1n) is 6.98. The van der Waals surface area contributed by atoms with Crippen molar-refractivity contribution in [3.8, 4) is 11.5 Å². The molecule has 0 atom stereocenters. The SMILES string of the molecule is CCOc1cc(CNCc2ccccc2)c(Cl)cc1OC. The molecule has 0 radical (unpaired) electrons. The predicted molar refractivity (Wildman–Crippen MR) is 86.2 cm³/mol. The van der Waals surface area contributed by atoms with E-state index < -0.39 is 0 Å². The Morgan fingerprint density at radius 1 is 1.05 bits per heavy atom. The molecular weight excluding hydrogens is 286 g/mol. The van der Waals surface area contributed by atoms with Crippen molar-refractivity contribution in [3.05, 3.63) is 58.6 Å². The first-order valence-corrected chi connectivity index (χ1v) is 7.36. The molecule has 2 aromatic rings. The molecule has 0 aliphatic rings. The summed E-state index contributed by atoms with van der Waals surface area (Å²) >= 11 is 6.29. The first kappa shape index (κ1) is 15.7. The molecule has 0 saturated heterocycles. The van der Waals surface area contributed by atoms with Crippen LogP contribution in [0, 0.1) is 0 Å². The Kier molecular flexibility index (Phi) is 5.90. The Morgan fingerprint density at radius 3 is 2.48 bits per heavy atom. The number of rotatable bonds is 7. The Morgan fingerprint density at radius 2 is 1.81 bits per heavy atom. The minimum Gasteiger partial charge on any atom is -0.493 e. The molecule has 0 saturated carbocycles. The van der Waals surface area contributed by atoms with Crippen LogP contribution in [0.1, 0.15) is 18.1 Å². The zero-order valence-electron chi connectivity index (χ0n) is 12.4. The first-order chi connectivity index (χ1) is 10.2. The highest BCUT2D eigenvalue weighted by atomic mass is 35.5. The van der Waals surface area contributed by atoms with Crippen LogP contribution >= 0.6 is 11.6 Å². The van der Waals surface area contributed by atoms with Crippen LogP contribution in [0.3, 0.4) is 0 Å². The third-order valence-electron chi connectivity index (χ3n) is 3.12. The number of benzene rings is 2. The zero-order chi connectivity index (χ0) is 15.1. The van der Waals surface area contributed by atoms with Gasteiger partial charge in [0.05, 0.1) is 13.7 Å². The molecule has 2 rings (SSSR count). The molecule has 3 nitrogen and oxygen atoms in total. The molecule has 0 bridgehead atoms. The van der Waals surface area contributed by atoms with Crippen molar-refractivity contribution >= 4 is 11.6 Å². The van der Waals surface area contributed by atoms with Crippen LogP contribution in [0.25, 0.3) is 0 Å². The normalized spacial score (nSPS) is 10.4. The van der Waals surface area contributed by atoms with Crippen LogP contribution in [0.4, 0.5) is 0 Å². The standard InChI is InChI=1S/C17H20ClNO2/c1-3-21-17-9-14(15(18)10-16(17)20-2)12-19-11-13-7-5-4-6-8-13/h4-10,19H,3,11-12H2,1-2H3. The van der Waals surface area contributed by atoms with Crippen LogP contribution < -0.4 is 14.8 Å². The van der Waals surface area contributed by atoms with E-state index in [4.69, 9.17) is 21.1 Å². The van der Waals surface area contributed by atoms with Crippen molar-refractivity contribution in [1.29, 1.82) is 0 Å². The fraction of sp³-hybridized carbons (Fsp3) is 0.294. The Bertz CT molecular complexity index is 573. The second kappa shape index (κ2) is 7.91. The third kappa shape index (κ3) is 4.38. The Hall–Kier alpha value is -1.71. The minimum atomic E-state index is 0.592. The highest BCUT2D eigenvalue weighted by Crippen LogP contribution is 2.33. The summed E-state index contributed by atoms with van der Waals surface area (Å²) in [5.74, 6) is 1.38. The maximum absolute atomic E-state index is 6.29. The maximum Gasteiger partial charge on any atom is 0.162 e. The Balaban J connectivity index is 2.03. The number of hydrogen-bond acceptors (Lipinski definition) is 3. The summed E-state index contributed by atoms with van der Waals surface area (Å²) < 4.78 is 10.9. The van der Waals surface area contributed by atoms with Gasteiger partial charge in [-0.3, -0.25) is 0 Å². The summed E-state index contributed by atoms with van der Waals surface area (Å²) in [6, 6.07) is 14.0. The molecule has 0 aliphatic carbocycles. The number of hydrogen-bond donors (Lipinski definition) is 1. The van der Waals surface area contributed by atoms with Crippen LogP contribution in [0.2, 0.25) is 5.02 Å². The lowest BCUT2D eigenvalue weighted by Gasteiger charge is -2.13. The number of nitrogens with one attached hydrogen (secondary N) is 1. The van der Waals surface area contributed by atoms with Crippen molar-refractivity contribution < 1.29 is 9.47 Å². The van der Waals surface area contributed by atoms with Gasteiger partial charge in [-0.15, -0.1) is 0 Å². The van der Waals surface area contributed by atoms with Gasteiger partial charge in [0.2, 0.25) is 0 Å². The summed E-state index contributed by atoms with van der Waals surface area (Å²) in [5.41, 5.74) is 2.24. The van der Waals surface area contributed by atoms with Crippen LogP contribution in [-0.2, 0) is 13.1 Å². The molecule has 0 amide bonds. The van der Waals surface area contributed by atoms with Crippen LogP contribution in [0.15, 0.2) is 42.5 Å². The summed E-state index contributed by atoms with van der Waals surface area (Å²) in [4.78, 5) is 0. The fourth-order valence-corrected chi connectivity index (χ4v) is 2.30. The van der Waals surface area contributed by atoms with Gasteiger partial charge in [-0.2, -0.15) is 0 Å². The van der Waals surface area contributed by atoms with Gasteiger partial charge in [0.15, 0.2) is 11.5 Å². The smallest absolute Gasteiger partial charge is 0.162 e. The van der Waals surface area contributed by atoms with Gasteiger partial charge in [0, 0.05) is 24.2 Å². The number of halogens is 1. The molecule has 0 heterocycles. The number of ether oxygens (including phenoxy) is 2. The topological polar surface area (TPSA) is 30.5 Å². The molecule has 1 N–H and O–H groups in total. The summed E-state index contributed by atoms with van der Waals surface area (Å²) in [7, 11) is 1.61. The van der Waals surface area contributed by atoms with Gasteiger partial charge >= 0.3 is 0 Å². The van der Waals surface area contributed by atoms with Crippen molar-refractivity contribution in [3.63, 3.8) is 0 Å². The Labute approximate surface area is 130 Å². The van der Waals surface area contributed by atoms with E-state index in [1.54, 1.807) is 13.2 Å². The molecular formula is C17H20ClNO2. The largest absolute Gasteiger partial charge is 0.493 e. The molecule has 0 spiro atoms. The average molecular weight is 306 g/mol. The number of methoxy groups -OCH3 is 1. The van der Waals surface area contributed by atoms with Crippen LogP contribution in [0.5, 0.6) is 11.5 Å². The lowest BCUT2D eigenvalue weighted by molar-refractivity contribution is 0.310. The van der Waals surface area contributed by atoms with Gasteiger partial charge in [-0.25, -0.2) is 0 Å².